The van der Waals surface area contributed by atoms with E-state index in [-0.39, 0.29) is 5.91 Å². The zero-order chi connectivity index (χ0) is 20.0. The number of hydrogen-bond donors (Lipinski definition) is 0. The number of amides is 1. The third-order valence-electron chi connectivity index (χ3n) is 6.03. The molecule has 2 aliphatic rings. The summed E-state index contributed by atoms with van der Waals surface area (Å²) in [6, 6.07) is 12.8. The number of aromatic nitrogens is 3. The van der Waals surface area contributed by atoms with Gasteiger partial charge < -0.3 is 4.90 Å². The van der Waals surface area contributed by atoms with Crippen molar-refractivity contribution in [2.75, 3.05) is 18.5 Å². The fourth-order valence-electron chi connectivity index (χ4n) is 4.36. The van der Waals surface area contributed by atoms with Gasteiger partial charge in [0.1, 0.15) is 5.69 Å². The van der Waals surface area contributed by atoms with Crippen LogP contribution in [-0.2, 0) is 30.8 Å². The maximum atomic E-state index is 12.0. The van der Waals surface area contributed by atoms with Gasteiger partial charge in [0.2, 0.25) is 5.91 Å². The minimum atomic E-state index is 0.203. The van der Waals surface area contributed by atoms with E-state index in [1.807, 2.05) is 19.3 Å². The Balaban J connectivity index is 1.34. The zero-order valence-electron chi connectivity index (χ0n) is 16.9. The van der Waals surface area contributed by atoms with Gasteiger partial charge in [-0.25, -0.2) is 0 Å². The Morgan fingerprint density at radius 1 is 1.10 bits per heavy atom. The third-order valence-corrected chi connectivity index (χ3v) is 6.03. The van der Waals surface area contributed by atoms with Crippen LogP contribution in [0, 0.1) is 6.92 Å². The fraction of sp³-hybridized carbons (Fsp3) is 0.348. The molecule has 148 valence electrons. The summed E-state index contributed by atoms with van der Waals surface area (Å²) in [6.45, 7) is 5.65. The Morgan fingerprint density at radius 3 is 2.86 bits per heavy atom. The van der Waals surface area contributed by atoms with Gasteiger partial charge in [-0.05, 0) is 48.2 Å². The van der Waals surface area contributed by atoms with E-state index in [0.717, 1.165) is 55.2 Å². The van der Waals surface area contributed by atoms with Gasteiger partial charge in [-0.15, -0.1) is 0 Å². The summed E-state index contributed by atoms with van der Waals surface area (Å²) < 4.78 is 2.11. The van der Waals surface area contributed by atoms with Crippen LogP contribution in [0.4, 0.5) is 5.69 Å². The summed E-state index contributed by atoms with van der Waals surface area (Å²) in [4.78, 5) is 20.8. The number of pyridine rings is 1. The maximum Gasteiger partial charge on any atom is 0.227 e. The number of carbonyl (C=O) groups is 1. The molecule has 0 N–H and O–H groups in total. The average molecular weight is 387 g/mol. The van der Waals surface area contributed by atoms with Crippen LogP contribution in [0.15, 0.2) is 42.6 Å². The molecule has 6 nitrogen and oxygen atoms in total. The highest BCUT2D eigenvalue weighted by Gasteiger charge is 2.23. The highest BCUT2D eigenvalue weighted by atomic mass is 16.2. The number of aryl methyl sites for hydroxylation is 2. The average Bonchev–Trinajstić information content (AvgIpc) is 3.14. The van der Waals surface area contributed by atoms with Crippen molar-refractivity contribution in [3.63, 3.8) is 0 Å². The molecule has 0 unspecified atom stereocenters. The second-order valence-corrected chi connectivity index (χ2v) is 8.04. The van der Waals surface area contributed by atoms with Crippen LogP contribution in [0.1, 0.15) is 28.8 Å². The molecule has 2 aromatic heterocycles. The van der Waals surface area contributed by atoms with E-state index in [0.29, 0.717) is 6.42 Å². The van der Waals surface area contributed by atoms with Crippen LogP contribution in [-0.4, -0.2) is 39.2 Å². The van der Waals surface area contributed by atoms with E-state index in [2.05, 4.69) is 51.8 Å². The Hall–Kier alpha value is -2.99. The van der Waals surface area contributed by atoms with Crippen molar-refractivity contribution in [2.24, 2.45) is 0 Å². The Kier molecular flexibility index (Phi) is 4.43. The molecular weight excluding hydrogens is 362 g/mol. The topological polar surface area (TPSA) is 54.3 Å². The van der Waals surface area contributed by atoms with Crippen molar-refractivity contribution < 1.29 is 4.79 Å². The molecule has 0 bridgehead atoms. The van der Waals surface area contributed by atoms with Gasteiger partial charge >= 0.3 is 0 Å². The molecular formula is C23H25N5O. The highest BCUT2D eigenvalue weighted by Crippen LogP contribution is 2.29. The van der Waals surface area contributed by atoms with Crippen LogP contribution in [0.25, 0.3) is 11.4 Å². The number of benzene rings is 1. The first kappa shape index (κ1) is 18.1. The maximum absolute atomic E-state index is 12.0. The summed E-state index contributed by atoms with van der Waals surface area (Å²) in [5.41, 5.74) is 7.86. The van der Waals surface area contributed by atoms with Gasteiger partial charge in [0.25, 0.3) is 0 Å². The molecule has 0 saturated carbocycles. The van der Waals surface area contributed by atoms with E-state index in [1.54, 1.807) is 4.90 Å². The second kappa shape index (κ2) is 7.12. The van der Waals surface area contributed by atoms with Crippen LogP contribution >= 0.6 is 0 Å². The molecule has 0 spiro atoms. The van der Waals surface area contributed by atoms with Gasteiger partial charge in [0, 0.05) is 45.0 Å². The van der Waals surface area contributed by atoms with Crippen LogP contribution < -0.4 is 4.90 Å². The monoisotopic (exact) mass is 387 g/mol. The molecule has 1 amide bonds. The van der Waals surface area contributed by atoms with Crippen LogP contribution in [0.3, 0.4) is 0 Å². The Bertz CT molecular complexity index is 1090. The normalized spacial score (nSPS) is 16.6. The molecule has 2 aliphatic heterocycles. The van der Waals surface area contributed by atoms with Crippen molar-refractivity contribution >= 4 is 11.6 Å². The molecule has 3 aromatic rings. The van der Waals surface area contributed by atoms with Crippen molar-refractivity contribution in [2.45, 2.75) is 39.4 Å². The van der Waals surface area contributed by atoms with Crippen molar-refractivity contribution in [1.29, 1.82) is 0 Å². The molecule has 0 radical (unpaired) electrons. The lowest BCUT2D eigenvalue weighted by atomic mass is 9.99. The molecule has 0 atom stereocenters. The van der Waals surface area contributed by atoms with Gasteiger partial charge in [0.15, 0.2) is 0 Å². The molecule has 5 rings (SSSR count). The zero-order valence-corrected chi connectivity index (χ0v) is 16.9. The number of nitrogens with zero attached hydrogens (tertiary/aromatic N) is 5. The van der Waals surface area contributed by atoms with Crippen molar-refractivity contribution in [3.05, 3.63) is 65.0 Å². The molecule has 1 aromatic carbocycles. The van der Waals surface area contributed by atoms with E-state index in [1.165, 1.54) is 16.8 Å². The number of carbonyl (C=O) groups excluding carboxylic acids is 1. The van der Waals surface area contributed by atoms with E-state index in [4.69, 9.17) is 5.10 Å². The van der Waals surface area contributed by atoms with E-state index < -0.39 is 0 Å². The van der Waals surface area contributed by atoms with Gasteiger partial charge in [-0.1, -0.05) is 18.2 Å². The first-order valence-corrected chi connectivity index (χ1v) is 10.2. The number of anilines is 1. The second-order valence-electron chi connectivity index (χ2n) is 8.04. The lowest BCUT2D eigenvalue weighted by Gasteiger charge is -2.29. The van der Waals surface area contributed by atoms with Gasteiger partial charge in [0.05, 0.1) is 17.9 Å². The molecule has 4 heterocycles. The first-order valence-electron chi connectivity index (χ1n) is 10.2. The highest BCUT2D eigenvalue weighted by molar-refractivity contribution is 5.95. The lowest BCUT2D eigenvalue weighted by Crippen LogP contribution is -2.34. The predicted molar refractivity (Wildman–Crippen MR) is 112 cm³/mol. The molecule has 0 aliphatic carbocycles. The minimum Gasteiger partial charge on any atom is -0.315 e. The molecule has 6 heteroatoms. The summed E-state index contributed by atoms with van der Waals surface area (Å²) in [6.07, 6.45) is 3.28. The number of rotatable bonds is 3. The summed E-state index contributed by atoms with van der Waals surface area (Å²) in [5.74, 6) is 0.203. The molecule has 0 saturated heterocycles. The molecule has 29 heavy (non-hydrogen) atoms. The van der Waals surface area contributed by atoms with Crippen molar-refractivity contribution in [3.8, 4) is 11.4 Å². The van der Waals surface area contributed by atoms with E-state index in [9.17, 15) is 4.79 Å². The Morgan fingerprint density at radius 2 is 2.00 bits per heavy atom. The number of hydrogen-bond acceptors (Lipinski definition) is 4. The number of fused-ring (bicyclic) bond motifs is 2. The Labute approximate surface area is 170 Å². The van der Waals surface area contributed by atoms with Crippen LogP contribution in [0.5, 0.6) is 0 Å². The summed E-state index contributed by atoms with van der Waals surface area (Å²) >= 11 is 0. The van der Waals surface area contributed by atoms with Crippen LogP contribution in [0.2, 0.25) is 0 Å². The fourth-order valence-corrected chi connectivity index (χ4v) is 4.36. The summed E-state index contributed by atoms with van der Waals surface area (Å²) in [5, 5.41) is 4.78. The molecule has 0 fully saturated rings. The minimum absolute atomic E-state index is 0.203. The largest absolute Gasteiger partial charge is 0.315 e. The van der Waals surface area contributed by atoms with Gasteiger partial charge in [-0.3, -0.25) is 19.4 Å². The van der Waals surface area contributed by atoms with E-state index >= 15 is 0 Å². The SMILES string of the molecule is Cc1cccnc1-c1cc2n(n1)CCN(Cc1ccc3c(c1)N(C)C(=O)CC3)C2. The third kappa shape index (κ3) is 3.34. The standard InChI is InChI=1S/C23H25N5O/c1-16-4-3-9-24-23(16)20-13-19-15-27(10-11-28(19)25-20)14-17-5-6-18-7-8-22(29)26(2)21(18)12-17/h3-6,9,12-13H,7-8,10-11,14-15H2,1-2H3. The predicted octanol–water partition coefficient (Wildman–Crippen LogP) is 3.18. The van der Waals surface area contributed by atoms with Crippen molar-refractivity contribution in [1.82, 2.24) is 19.7 Å². The smallest absolute Gasteiger partial charge is 0.227 e. The lowest BCUT2D eigenvalue weighted by molar-refractivity contribution is -0.118. The van der Waals surface area contributed by atoms with Gasteiger partial charge in [-0.2, -0.15) is 5.10 Å². The quantitative estimate of drug-likeness (QED) is 0.693. The first-order chi connectivity index (χ1) is 14.1. The summed E-state index contributed by atoms with van der Waals surface area (Å²) in [7, 11) is 1.88.